The average molecular weight is 363 g/mol. The number of sulfonamides is 1. The summed E-state index contributed by atoms with van der Waals surface area (Å²) in [4.78, 5) is 23.9. The molecule has 0 aliphatic rings. The molecule has 7 nitrogen and oxygen atoms in total. The second kappa shape index (κ2) is 7.62. The molecule has 1 N–H and O–H groups in total. The number of benzene rings is 1. The fraction of sp³-hybridized carbons (Fsp3) is 0.294. The van der Waals surface area contributed by atoms with E-state index in [1.807, 2.05) is 31.2 Å². The molecular weight excluding hydrogens is 342 g/mol. The number of carbonyl (C=O) groups excluding carboxylic acids is 1. The van der Waals surface area contributed by atoms with Crippen LogP contribution in [0, 0.1) is 6.92 Å². The lowest BCUT2D eigenvalue weighted by molar-refractivity contribution is -0.121. The minimum absolute atomic E-state index is 0.0385. The van der Waals surface area contributed by atoms with E-state index < -0.39 is 15.6 Å². The Morgan fingerprint density at radius 1 is 1.12 bits per heavy atom. The van der Waals surface area contributed by atoms with Gasteiger partial charge in [0.15, 0.2) is 0 Å². The van der Waals surface area contributed by atoms with Crippen LogP contribution in [0.2, 0.25) is 0 Å². The van der Waals surface area contributed by atoms with E-state index in [1.54, 1.807) is 0 Å². The van der Waals surface area contributed by atoms with E-state index >= 15 is 0 Å². The lowest BCUT2D eigenvalue weighted by Crippen LogP contribution is -2.32. The molecule has 1 heterocycles. The number of nitrogens with one attached hydrogen (secondary N) is 1. The highest BCUT2D eigenvalue weighted by Gasteiger charge is 2.18. The van der Waals surface area contributed by atoms with Crippen molar-refractivity contribution in [1.29, 1.82) is 0 Å². The molecule has 0 saturated heterocycles. The summed E-state index contributed by atoms with van der Waals surface area (Å²) in [7, 11) is -0.866. The van der Waals surface area contributed by atoms with Gasteiger partial charge in [0.05, 0.1) is 4.90 Å². The number of nitrogens with zero attached hydrogens (tertiary/aromatic N) is 2. The van der Waals surface area contributed by atoms with Crippen LogP contribution in [0.15, 0.2) is 52.3 Å². The van der Waals surface area contributed by atoms with Crippen LogP contribution >= 0.6 is 0 Å². The standard InChI is InChI=1S/C17H21N3O4S/c1-13-4-6-14(7-5-13)10-18-16(21)12-20-11-15(8-9-17(20)22)25(23,24)19(2)3/h4-9,11H,10,12H2,1-3H3,(H,18,21). The Bertz CT molecular complexity index is 916. The van der Waals surface area contributed by atoms with E-state index in [4.69, 9.17) is 0 Å². The topological polar surface area (TPSA) is 88.5 Å². The quantitative estimate of drug-likeness (QED) is 0.819. The maximum Gasteiger partial charge on any atom is 0.251 e. The van der Waals surface area contributed by atoms with Crippen molar-refractivity contribution >= 4 is 15.9 Å². The highest BCUT2D eigenvalue weighted by molar-refractivity contribution is 7.89. The third kappa shape index (κ3) is 4.77. The molecule has 0 aliphatic carbocycles. The van der Waals surface area contributed by atoms with Crippen LogP contribution in [0.25, 0.3) is 0 Å². The van der Waals surface area contributed by atoms with Crippen LogP contribution in [0.4, 0.5) is 0 Å². The number of aryl methyl sites for hydroxylation is 1. The first kappa shape index (κ1) is 18.9. The maximum absolute atomic E-state index is 12.1. The van der Waals surface area contributed by atoms with Crippen molar-refractivity contribution in [3.63, 3.8) is 0 Å². The second-order valence-electron chi connectivity index (χ2n) is 5.88. The van der Waals surface area contributed by atoms with Crippen molar-refractivity contribution in [2.45, 2.75) is 24.9 Å². The highest BCUT2D eigenvalue weighted by Crippen LogP contribution is 2.10. The summed E-state index contributed by atoms with van der Waals surface area (Å²) in [5.41, 5.74) is 1.62. The van der Waals surface area contributed by atoms with Gasteiger partial charge < -0.3 is 9.88 Å². The first-order valence-electron chi connectivity index (χ1n) is 7.65. The molecule has 0 fully saturated rings. The second-order valence-corrected chi connectivity index (χ2v) is 8.03. The van der Waals surface area contributed by atoms with Gasteiger partial charge in [-0.15, -0.1) is 0 Å². The Balaban J connectivity index is 2.10. The fourth-order valence-corrected chi connectivity index (χ4v) is 3.04. The zero-order valence-electron chi connectivity index (χ0n) is 14.4. The van der Waals surface area contributed by atoms with Gasteiger partial charge in [-0.1, -0.05) is 29.8 Å². The highest BCUT2D eigenvalue weighted by atomic mass is 32.2. The van der Waals surface area contributed by atoms with Crippen LogP contribution in [-0.4, -0.2) is 37.3 Å². The van der Waals surface area contributed by atoms with Crippen LogP contribution in [0.3, 0.4) is 0 Å². The molecule has 0 unspecified atom stereocenters. The summed E-state index contributed by atoms with van der Waals surface area (Å²) < 4.78 is 26.4. The number of rotatable bonds is 6. The lowest BCUT2D eigenvalue weighted by atomic mass is 10.1. The van der Waals surface area contributed by atoms with Crippen molar-refractivity contribution in [2.75, 3.05) is 14.1 Å². The largest absolute Gasteiger partial charge is 0.350 e. The molecule has 2 rings (SSSR count). The minimum atomic E-state index is -3.67. The van der Waals surface area contributed by atoms with Crippen molar-refractivity contribution in [1.82, 2.24) is 14.2 Å². The molecule has 0 atom stereocenters. The maximum atomic E-state index is 12.1. The minimum Gasteiger partial charge on any atom is -0.350 e. The van der Waals surface area contributed by atoms with Gasteiger partial charge in [0.2, 0.25) is 15.9 Å². The molecule has 1 aromatic heterocycles. The van der Waals surface area contributed by atoms with E-state index in [9.17, 15) is 18.0 Å². The monoisotopic (exact) mass is 363 g/mol. The summed E-state index contributed by atoms with van der Waals surface area (Å²) in [6, 6.07) is 10.1. The number of hydrogen-bond donors (Lipinski definition) is 1. The van der Waals surface area contributed by atoms with Gasteiger partial charge in [0.25, 0.3) is 5.56 Å². The molecule has 1 aromatic carbocycles. The predicted octanol–water partition coefficient (Wildman–Crippen LogP) is 0.723. The van der Waals surface area contributed by atoms with Gasteiger partial charge in [-0.3, -0.25) is 9.59 Å². The normalized spacial score (nSPS) is 11.5. The summed E-state index contributed by atoms with van der Waals surface area (Å²) in [6.07, 6.45) is 1.18. The summed E-state index contributed by atoms with van der Waals surface area (Å²) in [5, 5.41) is 2.72. The predicted molar refractivity (Wildman–Crippen MR) is 94.6 cm³/mol. The van der Waals surface area contributed by atoms with Crippen LogP contribution < -0.4 is 10.9 Å². The van der Waals surface area contributed by atoms with Gasteiger partial charge in [-0.05, 0) is 18.6 Å². The van der Waals surface area contributed by atoms with E-state index in [2.05, 4.69) is 5.32 Å². The Hall–Kier alpha value is -2.45. The summed E-state index contributed by atoms with van der Waals surface area (Å²) in [5.74, 6) is -0.373. The average Bonchev–Trinajstić information content (AvgIpc) is 2.56. The Morgan fingerprint density at radius 3 is 2.36 bits per heavy atom. The Labute approximate surface area is 147 Å². The van der Waals surface area contributed by atoms with Gasteiger partial charge in [-0.2, -0.15) is 0 Å². The molecule has 134 valence electrons. The Kier molecular flexibility index (Phi) is 5.76. The van der Waals surface area contributed by atoms with Gasteiger partial charge in [0, 0.05) is 32.9 Å². The van der Waals surface area contributed by atoms with Crippen LogP contribution in [0.5, 0.6) is 0 Å². The van der Waals surface area contributed by atoms with Crippen molar-refractivity contribution < 1.29 is 13.2 Å². The fourth-order valence-electron chi connectivity index (χ4n) is 2.11. The number of carbonyl (C=O) groups is 1. The molecule has 25 heavy (non-hydrogen) atoms. The molecule has 0 radical (unpaired) electrons. The molecule has 0 aliphatic heterocycles. The molecule has 0 spiro atoms. The first-order chi connectivity index (χ1) is 11.7. The molecule has 0 saturated carbocycles. The summed E-state index contributed by atoms with van der Waals surface area (Å²) >= 11 is 0. The van der Waals surface area contributed by atoms with Gasteiger partial charge in [0.1, 0.15) is 6.54 Å². The molecule has 2 aromatic rings. The van der Waals surface area contributed by atoms with E-state index in [0.29, 0.717) is 6.54 Å². The van der Waals surface area contributed by atoms with Crippen LogP contribution in [-0.2, 0) is 27.9 Å². The van der Waals surface area contributed by atoms with Gasteiger partial charge in [-0.25, -0.2) is 12.7 Å². The van der Waals surface area contributed by atoms with Gasteiger partial charge >= 0.3 is 0 Å². The molecule has 8 heteroatoms. The molecule has 0 bridgehead atoms. The number of pyridine rings is 1. The van der Waals surface area contributed by atoms with Crippen LogP contribution in [0.1, 0.15) is 11.1 Å². The lowest BCUT2D eigenvalue weighted by Gasteiger charge is -2.13. The third-order valence-corrected chi connectivity index (χ3v) is 5.46. The van der Waals surface area contributed by atoms with Crippen molar-refractivity contribution in [3.05, 3.63) is 64.1 Å². The van der Waals surface area contributed by atoms with E-state index in [1.165, 1.54) is 26.4 Å². The van der Waals surface area contributed by atoms with Crippen molar-refractivity contribution in [2.24, 2.45) is 0 Å². The Morgan fingerprint density at radius 2 is 1.76 bits per heavy atom. The van der Waals surface area contributed by atoms with E-state index in [-0.39, 0.29) is 17.3 Å². The number of aromatic nitrogens is 1. The number of amides is 1. The molecular formula is C17H21N3O4S. The SMILES string of the molecule is Cc1ccc(CNC(=O)Cn2cc(S(=O)(=O)N(C)C)ccc2=O)cc1. The van der Waals surface area contributed by atoms with Crippen molar-refractivity contribution in [3.8, 4) is 0 Å². The first-order valence-corrected chi connectivity index (χ1v) is 9.09. The molecule has 1 amide bonds. The smallest absolute Gasteiger partial charge is 0.251 e. The summed E-state index contributed by atoms with van der Waals surface area (Å²) in [6.45, 7) is 2.06. The third-order valence-electron chi connectivity index (χ3n) is 3.66. The number of hydrogen-bond acceptors (Lipinski definition) is 4. The zero-order chi connectivity index (χ0) is 18.6. The van der Waals surface area contributed by atoms with E-state index in [0.717, 1.165) is 26.1 Å². The zero-order valence-corrected chi connectivity index (χ0v) is 15.2.